The van der Waals surface area contributed by atoms with Gasteiger partial charge < -0.3 is 15.0 Å². The van der Waals surface area contributed by atoms with E-state index in [1.54, 1.807) is 0 Å². The molecular weight excluding hydrogens is 348 g/mol. The maximum Gasteiger partial charge on any atom is 0.223 e. The van der Waals surface area contributed by atoms with Crippen molar-refractivity contribution >= 4 is 16.8 Å². The number of aromatic nitrogens is 1. The average molecular weight is 376 g/mol. The van der Waals surface area contributed by atoms with Crippen molar-refractivity contribution in [3.63, 3.8) is 0 Å². The number of piperidine rings is 1. The molecule has 0 bridgehead atoms. The molecule has 1 amide bonds. The van der Waals surface area contributed by atoms with E-state index in [1.807, 2.05) is 29.2 Å². The van der Waals surface area contributed by atoms with Crippen molar-refractivity contribution in [2.45, 2.75) is 38.6 Å². The first kappa shape index (κ1) is 18.8. The predicted octanol–water partition coefficient (Wildman–Crippen LogP) is 4.39. The second-order valence-electron chi connectivity index (χ2n) is 7.91. The molecule has 0 radical (unpaired) electrons. The van der Waals surface area contributed by atoms with Crippen LogP contribution in [0.3, 0.4) is 0 Å². The molecule has 1 fully saturated rings. The largest absolute Gasteiger partial charge is 0.396 e. The van der Waals surface area contributed by atoms with E-state index in [1.165, 1.54) is 10.9 Å². The maximum atomic E-state index is 13.0. The van der Waals surface area contributed by atoms with Gasteiger partial charge in [-0.25, -0.2) is 0 Å². The van der Waals surface area contributed by atoms with Gasteiger partial charge in [-0.1, -0.05) is 48.5 Å². The molecule has 146 valence electrons. The third-order valence-electron chi connectivity index (χ3n) is 6.02. The lowest BCUT2D eigenvalue weighted by molar-refractivity contribution is -0.135. The molecule has 3 aromatic rings. The number of carbonyl (C=O) groups is 1. The molecule has 2 aromatic carbocycles. The van der Waals surface area contributed by atoms with Crippen molar-refractivity contribution in [2.75, 3.05) is 13.2 Å². The lowest BCUT2D eigenvalue weighted by atomic mass is 9.93. The highest BCUT2D eigenvalue weighted by molar-refractivity contribution is 5.91. The number of aliphatic hydroxyl groups excluding tert-OH is 1. The van der Waals surface area contributed by atoms with Crippen LogP contribution in [0, 0.1) is 5.92 Å². The Morgan fingerprint density at radius 1 is 1.11 bits per heavy atom. The van der Waals surface area contributed by atoms with E-state index in [9.17, 15) is 9.90 Å². The molecule has 0 saturated carbocycles. The van der Waals surface area contributed by atoms with Gasteiger partial charge in [0.15, 0.2) is 0 Å². The number of hydrogen-bond acceptors (Lipinski definition) is 2. The molecule has 2 heterocycles. The zero-order chi connectivity index (χ0) is 19.5. The van der Waals surface area contributed by atoms with Gasteiger partial charge in [0.2, 0.25) is 5.91 Å². The van der Waals surface area contributed by atoms with E-state index < -0.39 is 0 Å². The molecule has 2 atom stereocenters. The van der Waals surface area contributed by atoms with Crippen molar-refractivity contribution in [1.29, 1.82) is 0 Å². The number of carbonyl (C=O) groups excluding carboxylic acids is 1. The van der Waals surface area contributed by atoms with Crippen LogP contribution < -0.4 is 0 Å². The summed E-state index contributed by atoms with van der Waals surface area (Å²) in [5.74, 6) is 0.406. The Labute approximate surface area is 166 Å². The molecule has 0 spiro atoms. The van der Waals surface area contributed by atoms with E-state index in [2.05, 4.69) is 42.2 Å². The summed E-state index contributed by atoms with van der Waals surface area (Å²) in [7, 11) is 0. The number of rotatable bonds is 5. The van der Waals surface area contributed by atoms with Gasteiger partial charge >= 0.3 is 0 Å². The summed E-state index contributed by atoms with van der Waals surface area (Å²) < 4.78 is 0. The van der Waals surface area contributed by atoms with Crippen LogP contribution in [0.25, 0.3) is 22.2 Å². The van der Waals surface area contributed by atoms with Gasteiger partial charge in [0.25, 0.3) is 0 Å². The third-order valence-corrected chi connectivity index (χ3v) is 6.02. The first-order valence-corrected chi connectivity index (χ1v) is 10.2. The number of H-pyrrole nitrogens is 1. The number of nitrogens with zero attached hydrogens (tertiary/aromatic N) is 1. The zero-order valence-corrected chi connectivity index (χ0v) is 16.4. The molecule has 1 aliphatic rings. The van der Waals surface area contributed by atoms with Crippen molar-refractivity contribution in [3.05, 3.63) is 60.2 Å². The number of aromatic amines is 1. The van der Waals surface area contributed by atoms with Gasteiger partial charge in [0.05, 0.1) is 0 Å². The number of nitrogens with one attached hydrogen (secondary N) is 1. The van der Waals surface area contributed by atoms with Crippen LogP contribution in [0.5, 0.6) is 0 Å². The highest BCUT2D eigenvalue weighted by Gasteiger charge is 2.28. The molecule has 4 rings (SSSR count). The number of aliphatic hydroxyl groups is 1. The highest BCUT2D eigenvalue weighted by Crippen LogP contribution is 2.32. The molecule has 0 aliphatic carbocycles. The van der Waals surface area contributed by atoms with Gasteiger partial charge in [0.1, 0.15) is 0 Å². The van der Waals surface area contributed by atoms with Crippen molar-refractivity contribution in [1.82, 2.24) is 9.88 Å². The minimum atomic E-state index is 0.164. The second kappa shape index (κ2) is 8.19. The Kier molecular flexibility index (Phi) is 5.49. The van der Waals surface area contributed by atoms with Gasteiger partial charge in [-0.15, -0.1) is 0 Å². The van der Waals surface area contributed by atoms with Crippen LogP contribution in [0.15, 0.2) is 54.6 Å². The summed E-state index contributed by atoms with van der Waals surface area (Å²) in [4.78, 5) is 18.5. The van der Waals surface area contributed by atoms with Crippen LogP contribution >= 0.6 is 0 Å². The predicted molar refractivity (Wildman–Crippen MR) is 113 cm³/mol. The number of likely N-dealkylation sites (tertiary alicyclic amines) is 1. The van der Waals surface area contributed by atoms with Gasteiger partial charge in [-0.05, 0) is 49.3 Å². The van der Waals surface area contributed by atoms with E-state index in [0.29, 0.717) is 19.4 Å². The van der Waals surface area contributed by atoms with E-state index in [-0.39, 0.29) is 24.5 Å². The lowest BCUT2D eigenvalue weighted by Gasteiger charge is -2.37. The molecule has 2 N–H and O–H groups in total. The molecule has 1 aromatic heterocycles. The summed E-state index contributed by atoms with van der Waals surface area (Å²) >= 11 is 0. The molecule has 0 unspecified atom stereocenters. The number of fused-ring (bicyclic) bond motifs is 1. The van der Waals surface area contributed by atoms with Gasteiger partial charge in [-0.3, -0.25) is 4.79 Å². The SMILES string of the molecule is C[C@@H]1CC[C@H](CO)CN1C(=O)CCc1c(-c2ccccc2)[nH]c2ccccc12. The van der Waals surface area contributed by atoms with Gasteiger partial charge in [-0.2, -0.15) is 0 Å². The highest BCUT2D eigenvalue weighted by atomic mass is 16.3. The second-order valence-corrected chi connectivity index (χ2v) is 7.91. The minimum Gasteiger partial charge on any atom is -0.396 e. The Morgan fingerprint density at radius 3 is 2.64 bits per heavy atom. The fourth-order valence-electron chi connectivity index (χ4n) is 4.37. The average Bonchev–Trinajstić information content (AvgIpc) is 3.11. The molecule has 4 heteroatoms. The van der Waals surface area contributed by atoms with Crippen LogP contribution in [-0.4, -0.2) is 40.1 Å². The first-order valence-electron chi connectivity index (χ1n) is 10.2. The van der Waals surface area contributed by atoms with E-state index in [0.717, 1.165) is 29.6 Å². The summed E-state index contributed by atoms with van der Waals surface area (Å²) in [6, 6.07) is 18.9. The molecular formula is C24H28N2O2. The van der Waals surface area contributed by atoms with Crippen LogP contribution in [0.1, 0.15) is 31.7 Å². The molecule has 4 nitrogen and oxygen atoms in total. The fourth-order valence-corrected chi connectivity index (χ4v) is 4.37. The third kappa shape index (κ3) is 3.69. The van der Waals surface area contributed by atoms with Crippen LogP contribution in [0.2, 0.25) is 0 Å². The van der Waals surface area contributed by atoms with Crippen LogP contribution in [-0.2, 0) is 11.2 Å². The zero-order valence-electron chi connectivity index (χ0n) is 16.4. The lowest BCUT2D eigenvalue weighted by Crippen LogP contribution is -2.46. The smallest absolute Gasteiger partial charge is 0.223 e. The minimum absolute atomic E-state index is 0.164. The van der Waals surface area contributed by atoms with E-state index in [4.69, 9.17) is 0 Å². The fraction of sp³-hybridized carbons (Fsp3) is 0.375. The summed E-state index contributed by atoms with van der Waals surface area (Å²) in [6.45, 7) is 2.96. The normalized spacial score (nSPS) is 19.9. The van der Waals surface area contributed by atoms with E-state index >= 15 is 0 Å². The maximum absolute atomic E-state index is 13.0. The monoisotopic (exact) mass is 376 g/mol. The number of aryl methyl sites for hydroxylation is 1. The quantitative estimate of drug-likeness (QED) is 0.694. The van der Waals surface area contributed by atoms with Crippen molar-refractivity contribution < 1.29 is 9.90 Å². The Bertz CT molecular complexity index is 948. The summed E-state index contributed by atoms with van der Waals surface area (Å²) in [5.41, 5.74) is 4.57. The Hall–Kier alpha value is -2.59. The van der Waals surface area contributed by atoms with Crippen molar-refractivity contribution in [3.8, 4) is 11.3 Å². The molecule has 1 aliphatic heterocycles. The Morgan fingerprint density at radius 2 is 1.86 bits per heavy atom. The summed E-state index contributed by atoms with van der Waals surface area (Å²) in [6.07, 6.45) is 3.17. The standard InChI is InChI=1S/C24H28N2O2/c1-17-11-12-18(16-27)15-26(17)23(28)14-13-21-20-9-5-6-10-22(20)25-24(21)19-7-3-2-4-8-19/h2-10,17-18,25,27H,11-16H2,1H3/t17-,18+/m1/s1. The number of amides is 1. The first-order chi connectivity index (χ1) is 13.7. The molecule has 1 saturated heterocycles. The topological polar surface area (TPSA) is 56.3 Å². The number of hydrogen-bond donors (Lipinski definition) is 2. The Balaban J connectivity index is 1.58. The van der Waals surface area contributed by atoms with Crippen LogP contribution in [0.4, 0.5) is 0 Å². The van der Waals surface area contributed by atoms with Crippen molar-refractivity contribution in [2.24, 2.45) is 5.92 Å². The molecule has 28 heavy (non-hydrogen) atoms. The van der Waals surface area contributed by atoms with Gasteiger partial charge in [0, 0.05) is 42.2 Å². The number of para-hydroxylation sites is 1. The summed E-state index contributed by atoms with van der Waals surface area (Å²) in [5, 5.41) is 10.7. The number of benzene rings is 2.